The number of fused-ring (bicyclic) bond motifs is 1. The molecule has 2 atom stereocenters. The summed E-state index contributed by atoms with van der Waals surface area (Å²) in [5.41, 5.74) is 0.0926. The van der Waals surface area contributed by atoms with E-state index in [2.05, 4.69) is 42.0 Å². The molecule has 1 unspecified atom stereocenters. The van der Waals surface area contributed by atoms with Crippen molar-refractivity contribution in [3.8, 4) is 0 Å². The van der Waals surface area contributed by atoms with Crippen LogP contribution in [0, 0.1) is 0 Å². The van der Waals surface area contributed by atoms with E-state index in [1.807, 2.05) is 0 Å². The first kappa shape index (κ1) is 33.2. The van der Waals surface area contributed by atoms with Gasteiger partial charge >= 0.3 is 6.09 Å². The second kappa shape index (κ2) is 13.8. The Labute approximate surface area is 253 Å². The number of nitrogens with zero attached hydrogens (tertiary/aromatic N) is 1. The van der Waals surface area contributed by atoms with Gasteiger partial charge in [0.1, 0.15) is 17.7 Å². The highest BCUT2D eigenvalue weighted by Gasteiger charge is 2.45. The van der Waals surface area contributed by atoms with Crippen LogP contribution in [-0.4, -0.2) is 81.8 Å². The van der Waals surface area contributed by atoms with E-state index in [0.29, 0.717) is 31.0 Å². The van der Waals surface area contributed by atoms with Crippen molar-refractivity contribution in [1.82, 2.24) is 20.9 Å². The molecule has 230 valence electrons. The summed E-state index contributed by atoms with van der Waals surface area (Å²) in [6.45, 7) is 12.1. The van der Waals surface area contributed by atoms with Gasteiger partial charge in [0, 0.05) is 35.7 Å². The lowest BCUT2D eigenvalue weighted by atomic mass is 10.0. The van der Waals surface area contributed by atoms with Gasteiger partial charge in [-0.3, -0.25) is 34.2 Å². The lowest BCUT2D eigenvalue weighted by Gasteiger charge is -2.27. The molecule has 0 bridgehead atoms. The number of amides is 6. The van der Waals surface area contributed by atoms with Crippen LogP contribution in [0.5, 0.6) is 0 Å². The van der Waals surface area contributed by atoms with Crippen molar-refractivity contribution < 1.29 is 33.5 Å². The molecule has 1 aromatic rings. The minimum Gasteiger partial charge on any atom is -0.444 e. The highest BCUT2D eigenvalue weighted by molar-refractivity contribution is 8.77. The Morgan fingerprint density at radius 3 is 2.43 bits per heavy atom. The zero-order chi connectivity index (χ0) is 31.2. The molecule has 2 aliphatic rings. The quantitative estimate of drug-likeness (QED) is 0.164. The molecule has 2 heterocycles. The Balaban J connectivity index is 1.55. The van der Waals surface area contributed by atoms with Gasteiger partial charge in [-0.25, -0.2) is 4.79 Å². The van der Waals surface area contributed by atoms with Gasteiger partial charge in [-0.05, 0) is 45.7 Å². The molecule has 42 heavy (non-hydrogen) atoms. The van der Waals surface area contributed by atoms with E-state index in [0.717, 1.165) is 4.90 Å². The van der Waals surface area contributed by atoms with Crippen LogP contribution in [0.15, 0.2) is 18.2 Å². The second-order valence-electron chi connectivity index (χ2n) is 11.9. The van der Waals surface area contributed by atoms with Crippen LogP contribution in [0.4, 0.5) is 10.5 Å². The number of hydrogen-bond acceptors (Lipinski definition) is 10. The maximum absolute atomic E-state index is 13.2. The number of rotatable bonds is 11. The highest BCUT2D eigenvalue weighted by Crippen LogP contribution is 2.35. The molecule has 0 radical (unpaired) electrons. The molecule has 12 nitrogen and oxygen atoms in total. The first-order valence-corrected chi connectivity index (χ1v) is 16.1. The minimum atomic E-state index is -1.04. The largest absolute Gasteiger partial charge is 0.444 e. The highest BCUT2D eigenvalue weighted by atomic mass is 33.1. The number of nitrogens with one attached hydrogen (secondary N) is 4. The summed E-state index contributed by atoms with van der Waals surface area (Å²) in [6.07, 6.45) is -0.0648. The summed E-state index contributed by atoms with van der Waals surface area (Å²) >= 11 is 0. The van der Waals surface area contributed by atoms with Crippen molar-refractivity contribution in [2.75, 3.05) is 24.2 Å². The molecule has 1 saturated heterocycles. The Kier molecular flexibility index (Phi) is 10.9. The van der Waals surface area contributed by atoms with Gasteiger partial charge < -0.3 is 20.7 Å². The molecule has 0 aromatic heterocycles. The Morgan fingerprint density at radius 1 is 1.07 bits per heavy atom. The fourth-order valence-electron chi connectivity index (χ4n) is 4.22. The van der Waals surface area contributed by atoms with Crippen LogP contribution >= 0.6 is 21.6 Å². The molecule has 0 spiro atoms. The number of benzene rings is 1. The van der Waals surface area contributed by atoms with Crippen molar-refractivity contribution in [2.24, 2.45) is 0 Å². The summed E-state index contributed by atoms with van der Waals surface area (Å²) < 4.78 is 5.30. The standard InChI is InChI=1S/C28H39N5O7S2/c1-27(2,3)40-26(39)31-18(15-41-42-28(4,5)6)22(35)30-14-8-13-29-17-10-7-9-16-21(17)25(38)33(24(16)37)19-11-12-20(34)32-23(19)36/h7,9-10,18-19,29H,8,11-15H2,1-6H3,(H,30,35)(H,31,39)(H,32,34,36)/t18-,19?/m1/s1. The SMILES string of the molecule is CC(C)(C)OC(=O)N[C@H](CSSC(C)(C)C)C(=O)NCCCNc1cccc2c1C(=O)N(C1CCC(=O)NC1=O)C2=O. The van der Waals surface area contributed by atoms with Crippen molar-refractivity contribution in [3.05, 3.63) is 29.3 Å². The molecular formula is C28H39N5O7S2. The van der Waals surface area contributed by atoms with E-state index >= 15 is 0 Å². The molecule has 4 N–H and O–H groups in total. The lowest BCUT2D eigenvalue weighted by molar-refractivity contribution is -0.136. The monoisotopic (exact) mass is 621 g/mol. The van der Waals surface area contributed by atoms with Gasteiger partial charge in [0.25, 0.3) is 11.8 Å². The number of imide groups is 2. The summed E-state index contributed by atoms with van der Waals surface area (Å²) in [5, 5.41) is 10.8. The topological polar surface area (TPSA) is 163 Å². The predicted octanol–water partition coefficient (Wildman–Crippen LogP) is 3.08. The van der Waals surface area contributed by atoms with Crippen molar-refractivity contribution in [3.63, 3.8) is 0 Å². The van der Waals surface area contributed by atoms with Crippen LogP contribution < -0.4 is 21.3 Å². The van der Waals surface area contributed by atoms with Crippen LogP contribution in [-0.2, 0) is 19.1 Å². The third-order valence-electron chi connectivity index (χ3n) is 5.99. The zero-order valence-corrected chi connectivity index (χ0v) is 26.4. The summed E-state index contributed by atoms with van der Waals surface area (Å²) in [7, 11) is 3.10. The maximum Gasteiger partial charge on any atom is 0.408 e. The van der Waals surface area contributed by atoms with E-state index in [4.69, 9.17) is 4.74 Å². The van der Waals surface area contributed by atoms with Crippen molar-refractivity contribution in [1.29, 1.82) is 0 Å². The van der Waals surface area contributed by atoms with E-state index in [9.17, 15) is 28.8 Å². The number of alkyl carbamates (subject to hydrolysis) is 1. The fourth-order valence-corrected chi connectivity index (χ4v) is 6.69. The van der Waals surface area contributed by atoms with E-state index < -0.39 is 47.4 Å². The van der Waals surface area contributed by atoms with Gasteiger partial charge in [-0.1, -0.05) is 48.4 Å². The van der Waals surface area contributed by atoms with Crippen molar-refractivity contribution >= 4 is 62.9 Å². The molecule has 3 rings (SSSR count). The molecule has 2 aliphatic heterocycles. The van der Waals surface area contributed by atoms with E-state index in [1.165, 1.54) is 16.9 Å². The molecule has 0 aliphatic carbocycles. The third kappa shape index (κ3) is 9.12. The number of ether oxygens (including phenoxy) is 1. The molecule has 1 fully saturated rings. The molecule has 0 saturated carbocycles. The van der Waals surface area contributed by atoms with Gasteiger partial charge in [0.2, 0.25) is 17.7 Å². The first-order valence-electron chi connectivity index (χ1n) is 13.7. The minimum absolute atomic E-state index is 0.0220. The zero-order valence-electron chi connectivity index (χ0n) is 24.8. The van der Waals surface area contributed by atoms with Crippen LogP contribution in [0.1, 0.15) is 81.5 Å². The van der Waals surface area contributed by atoms with E-state index in [1.54, 1.807) is 43.7 Å². The molecule has 6 amide bonds. The lowest BCUT2D eigenvalue weighted by Crippen LogP contribution is -2.54. The average molecular weight is 622 g/mol. The number of carbonyl (C=O) groups excluding carboxylic acids is 6. The average Bonchev–Trinajstić information content (AvgIpc) is 3.11. The normalized spacial score (nSPS) is 17.9. The second-order valence-corrected chi connectivity index (χ2v) is 15.1. The smallest absolute Gasteiger partial charge is 0.408 e. The summed E-state index contributed by atoms with van der Waals surface area (Å²) in [5.74, 6) is -2.27. The number of piperidine rings is 1. The maximum atomic E-state index is 13.2. The Bertz CT molecular complexity index is 1240. The molecule has 14 heteroatoms. The third-order valence-corrected chi connectivity index (χ3v) is 9.34. The summed E-state index contributed by atoms with van der Waals surface area (Å²) in [6, 6.07) is 3.00. The number of carbonyl (C=O) groups is 6. The van der Waals surface area contributed by atoms with Gasteiger partial charge in [-0.2, -0.15) is 0 Å². The van der Waals surface area contributed by atoms with E-state index in [-0.39, 0.29) is 34.6 Å². The number of hydrogen-bond donors (Lipinski definition) is 4. The van der Waals surface area contributed by atoms with Gasteiger partial charge in [0.05, 0.1) is 11.1 Å². The van der Waals surface area contributed by atoms with Crippen LogP contribution in [0.3, 0.4) is 0 Å². The predicted molar refractivity (Wildman–Crippen MR) is 162 cm³/mol. The molecular weight excluding hydrogens is 582 g/mol. The van der Waals surface area contributed by atoms with Crippen LogP contribution in [0.2, 0.25) is 0 Å². The Morgan fingerprint density at radius 2 is 1.79 bits per heavy atom. The molecule has 1 aromatic carbocycles. The van der Waals surface area contributed by atoms with Gasteiger partial charge in [0.15, 0.2) is 0 Å². The number of anilines is 1. The van der Waals surface area contributed by atoms with Gasteiger partial charge in [-0.15, -0.1) is 0 Å². The fraction of sp³-hybridized carbons (Fsp3) is 0.571. The van der Waals surface area contributed by atoms with Crippen LogP contribution in [0.25, 0.3) is 0 Å². The van der Waals surface area contributed by atoms with Crippen molar-refractivity contribution in [2.45, 2.75) is 83.2 Å². The Hall–Kier alpha value is -3.26. The summed E-state index contributed by atoms with van der Waals surface area (Å²) in [4.78, 5) is 76.3. The first-order chi connectivity index (χ1) is 19.6.